The Morgan fingerprint density at radius 3 is 2.88 bits per heavy atom. The van der Waals surface area contributed by atoms with Gasteiger partial charge in [-0.05, 0) is 31.4 Å². The number of ether oxygens (including phenoxy) is 1. The maximum Gasteiger partial charge on any atom is 0.314 e. The number of esters is 1. The van der Waals surface area contributed by atoms with E-state index in [2.05, 4.69) is 9.97 Å². The van der Waals surface area contributed by atoms with Crippen LogP contribution in [0.15, 0.2) is 29.1 Å². The van der Waals surface area contributed by atoms with E-state index in [0.29, 0.717) is 43.0 Å². The number of hydrogen-bond acceptors (Lipinski definition) is 5. The first-order valence-electron chi connectivity index (χ1n) is 8.39. The number of rotatable bonds is 4. The lowest BCUT2D eigenvalue weighted by Crippen LogP contribution is -2.41. The van der Waals surface area contributed by atoms with Crippen molar-refractivity contribution in [2.24, 2.45) is 11.3 Å². The predicted octanol–water partition coefficient (Wildman–Crippen LogP) is 2.34. The fraction of sp³-hybridized carbons (Fsp3) is 0.500. The molecular weight excluding hydrogens is 306 g/mol. The van der Waals surface area contributed by atoms with Gasteiger partial charge in [0.2, 0.25) is 5.95 Å². The molecule has 1 atom stereocenters. The molecule has 2 aromatic rings. The number of nitrogens with one attached hydrogen (secondary N) is 1. The van der Waals surface area contributed by atoms with Crippen molar-refractivity contribution in [2.75, 3.05) is 24.6 Å². The summed E-state index contributed by atoms with van der Waals surface area (Å²) in [5.41, 5.74) is -0.0524. The van der Waals surface area contributed by atoms with Crippen molar-refractivity contribution in [3.05, 3.63) is 34.6 Å². The number of aromatic amines is 1. The number of fused-ring (bicyclic) bond motifs is 1. The van der Waals surface area contributed by atoms with Crippen molar-refractivity contribution >= 4 is 22.8 Å². The van der Waals surface area contributed by atoms with Crippen molar-refractivity contribution in [2.45, 2.75) is 27.2 Å². The number of benzene rings is 1. The van der Waals surface area contributed by atoms with E-state index in [1.165, 1.54) is 0 Å². The molecule has 1 N–H and O–H groups in total. The van der Waals surface area contributed by atoms with Crippen LogP contribution in [-0.2, 0) is 9.53 Å². The lowest BCUT2D eigenvalue weighted by atomic mass is 9.76. The van der Waals surface area contributed by atoms with Crippen molar-refractivity contribution in [3.8, 4) is 0 Å². The van der Waals surface area contributed by atoms with Crippen LogP contribution in [0.5, 0.6) is 0 Å². The topological polar surface area (TPSA) is 75.3 Å². The average Bonchev–Trinajstić information content (AvgIpc) is 3.02. The normalized spacial score (nSPS) is 20.8. The number of H-pyrrole nitrogens is 1. The van der Waals surface area contributed by atoms with Crippen LogP contribution in [0, 0.1) is 11.3 Å². The summed E-state index contributed by atoms with van der Waals surface area (Å²) < 4.78 is 5.31. The minimum Gasteiger partial charge on any atom is -0.466 e. The Hall–Kier alpha value is -2.37. The Morgan fingerprint density at radius 1 is 1.42 bits per heavy atom. The quantitative estimate of drug-likeness (QED) is 0.872. The van der Waals surface area contributed by atoms with E-state index < -0.39 is 5.41 Å². The van der Waals surface area contributed by atoms with Crippen LogP contribution < -0.4 is 10.5 Å². The molecule has 3 rings (SSSR count). The molecule has 0 radical (unpaired) electrons. The zero-order valence-corrected chi connectivity index (χ0v) is 14.3. The molecule has 2 heterocycles. The molecule has 1 saturated heterocycles. The maximum absolute atomic E-state index is 12.5. The minimum absolute atomic E-state index is 0.147. The summed E-state index contributed by atoms with van der Waals surface area (Å²) in [6.07, 6.45) is 0.694. The fourth-order valence-electron chi connectivity index (χ4n) is 3.39. The highest BCUT2D eigenvalue weighted by molar-refractivity contribution is 5.80. The van der Waals surface area contributed by atoms with Gasteiger partial charge in [-0.25, -0.2) is 4.98 Å². The summed E-state index contributed by atoms with van der Waals surface area (Å²) in [7, 11) is 0. The zero-order chi connectivity index (χ0) is 17.3. The Balaban J connectivity index is 1.95. The van der Waals surface area contributed by atoms with E-state index in [1.54, 1.807) is 6.07 Å². The molecular formula is C18H23N3O3. The summed E-state index contributed by atoms with van der Waals surface area (Å²) >= 11 is 0. The van der Waals surface area contributed by atoms with Gasteiger partial charge in [0, 0.05) is 13.1 Å². The molecule has 6 nitrogen and oxygen atoms in total. The number of aromatic nitrogens is 2. The highest BCUT2D eigenvalue weighted by atomic mass is 16.5. The fourth-order valence-corrected chi connectivity index (χ4v) is 3.39. The summed E-state index contributed by atoms with van der Waals surface area (Å²) in [6, 6.07) is 7.26. The van der Waals surface area contributed by atoms with Crippen LogP contribution in [0.4, 0.5) is 5.95 Å². The molecule has 1 aliphatic heterocycles. The predicted molar refractivity (Wildman–Crippen MR) is 93.1 cm³/mol. The van der Waals surface area contributed by atoms with Gasteiger partial charge in [0.1, 0.15) is 0 Å². The SMILES string of the molecule is CCOC(=O)C1(C(C)C)CCN(c2nc3ccccc3c(=O)[nH]2)C1. The number of anilines is 1. The van der Waals surface area contributed by atoms with Gasteiger partial charge in [0.15, 0.2) is 0 Å². The number of nitrogens with zero attached hydrogens (tertiary/aromatic N) is 2. The third-order valence-corrected chi connectivity index (χ3v) is 4.99. The summed E-state index contributed by atoms with van der Waals surface area (Å²) in [5.74, 6) is 0.505. The molecule has 1 aromatic heterocycles. The number of hydrogen-bond donors (Lipinski definition) is 1. The number of carbonyl (C=O) groups excluding carboxylic acids is 1. The van der Waals surface area contributed by atoms with Gasteiger partial charge in [-0.15, -0.1) is 0 Å². The van der Waals surface area contributed by atoms with E-state index >= 15 is 0 Å². The minimum atomic E-state index is -0.555. The molecule has 1 aliphatic rings. The third-order valence-electron chi connectivity index (χ3n) is 4.99. The maximum atomic E-state index is 12.5. The molecule has 1 aromatic carbocycles. The van der Waals surface area contributed by atoms with Gasteiger partial charge in [-0.1, -0.05) is 26.0 Å². The van der Waals surface area contributed by atoms with E-state index in [1.807, 2.05) is 43.9 Å². The second-order valence-electron chi connectivity index (χ2n) is 6.61. The van der Waals surface area contributed by atoms with Crippen LogP contribution in [-0.4, -0.2) is 35.6 Å². The molecule has 0 spiro atoms. The largest absolute Gasteiger partial charge is 0.466 e. The molecule has 24 heavy (non-hydrogen) atoms. The lowest BCUT2D eigenvalue weighted by Gasteiger charge is -2.30. The standard InChI is InChI=1S/C18H23N3O3/c1-4-24-16(23)18(12(2)3)9-10-21(11-18)17-19-14-8-6-5-7-13(14)15(22)20-17/h5-8,12H,4,9-11H2,1-3H3,(H,19,20,22). The second kappa shape index (κ2) is 6.26. The van der Waals surface area contributed by atoms with Crippen molar-refractivity contribution < 1.29 is 9.53 Å². The van der Waals surface area contributed by atoms with Crippen molar-refractivity contribution in [1.82, 2.24) is 9.97 Å². The molecule has 6 heteroatoms. The first-order valence-corrected chi connectivity index (χ1v) is 8.39. The lowest BCUT2D eigenvalue weighted by molar-refractivity contribution is -0.156. The van der Waals surface area contributed by atoms with Crippen LogP contribution in [0.1, 0.15) is 27.2 Å². The van der Waals surface area contributed by atoms with E-state index in [0.717, 1.165) is 0 Å². The summed E-state index contributed by atoms with van der Waals surface area (Å²) in [5, 5.41) is 0.570. The second-order valence-corrected chi connectivity index (χ2v) is 6.61. The Kier molecular flexibility index (Phi) is 4.30. The third kappa shape index (κ3) is 2.66. The average molecular weight is 329 g/mol. The zero-order valence-electron chi connectivity index (χ0n) is 14.3. The molecule has 128 valence electrons. The van der Waals surface area contributed by atoms with Crippen LogP contribution >= 0.6 is 0 Å². The summed E-state index contributed by atoms with van der Waals surface area (Å²) in [6.45, 7) is 7.44. The van der Waals surface area contributed by atoms with Crippen LogP contribution in [0.3, 0.4) is 0 Å². The summed E-state index contributed by atoms with van der Waals surface area (Å²) in [4.78, 5) is 34.2. The Morgan fingerprint density at radius 2 is 2.17 bits per heavy atom. The molecule has 1 unspecified atom stereocenters. The molecule has 0 aliphatic carbocycles. The molecule has 0 saturated carbocycles. The number of carbonyl (C=O) groups is 1. The first kappa shape index (κ1) is 16.5. The Bertz CT molecular complexity index is 815. The number of para-hydroxylation sites is 1. The van der Waals surface area contributed by atoms with E-state index in [-0.39, 0.29) is 17.4 Å². The van der Waals surface area contributed by atoms with Gasteiger partial charge in [-0.2, -0.15) is 0 Å². The van der Waals surface area contributed by atoms with Crippen LogP contribution in [0.2, 0.25) is 0 Å². The monoisotopic (exact) mass is 329 g/mol. The highest BCUT2D eigenvalue weighted by Crippen LogP contribution is 2.40. The smallest absolute Gasteiger partial charge is 0.314 e. The van der Waals surface area contributed by atoms with E-state index in [4.69, 9.17) is 4.74 Å². The Labute approximate surface area is 140 Å². The van der Waals surface area contributed by atoms with Gasteiger partial charge in [-0.3, -0.25) is 14.6 Å². The first-order chi connectivity index (χ1) is 11.5. The van der Waals surface area contributed by atoms with Gasteiger partial charge in [0.05, 0.1) is 22.9 Å². The van der Waals surface area contributed by atoms with Crippen molar-refractivity contribution in [1.29, 1.82) is 0 Å². The van der Waals surface area contributed by atoms with E-state index in [9.17, 15) is 9.59 Å². The van der Waals surface area contributed by atoms with Crippen molar-refractivity contribution in [3.63, 3.8) is 0 Å². The van der Waals surface area contributed by atoms with Crippen LogP contribution in [0.25, 0.3) is 10.9 Å². The molecule has 0 amide bonds. The molecule has 1 fully saturated rings. The van der Waals surface area contributed by atoms with Gasteiger partial charge < -0.3 is 9.64 Å². The molecule has 0 bridgehead atoms. The van der Waals surface area contributed by atoms with Gasteiger partial charge >= 0.3 is 5.97 Å². The highest BCUT2D eigenvalue weighted by Gasteiger charge is 2.48. The van der Waals surface area contributed by atoms with Gasteiger partial charge in [0.25, 0.3) is 5.56 Å².